The molecule has 0 saturated carbocycles. The number of hydrogen-bond donors (Lipinski definition) is 1. The minimum atomic E-state index is 0.382. The van der Waals surface area contributed by atoms with Crippen LogP contribution in [0.1, 0.15) is 40.0 Å². The maximum Gasteiger partial charge on any atom is 0.171 e. The molecule has 1 aromatic rings. The summed E-state index contributed by atoms with van der Waals surface area (Å²) in [4.78, 5) is 8.14. The van der Waals surface area contributed by atoms with Gasteiger partial charge in [0, 0.05) is 18.4 Å². The van der Waals surface area contributed by atoms with E-state index in [9.17, 15) is 0 Å². The highest BCUT2D eigenvalue weighted by Crippen LogP contribution is 2.17. The van der Waals surface area contributed by atoms with E-state index in [0.29, 0.717) is 17.0 Å². The van der Waals surface area contributed by atoms with Crippen molar-refractivity contribution in [3.05, 3.63) is 17.5 Å². The van der Waals surface area contributed by atoms with Gasteiger partial charge in [-0.1, -0.05) is 38.3 Å². The van der Waals surface area contributed by atoms with E-state index >= 15 is 0 Å². The van der Waals surface area contributed by atoms with Gasteiger partial charge >= 0.3 is 0 Å². The number of nitrogens with zero attached hydrogens (tertiary/aromatic N) is 2. The zero-order chi connectivity index (χ0) is 12.0. The zero-order valence-electron chi connectivity index (χ0n) is 10.2. The SMILES string of the molecule is CC(C)CCCC(C)Nc1nccnc1Cl. The number of rotatable bonds is 6. The number of anilines is 1. The number of aromatic nitrogens is 2. The van der Waals surface area contributed by atoms with Crippen LogP contribution >= 0.6 is 11.6 Å². The van der Waals surface area contributed by atoms with Crippen LogP contribution in [0.5, 0.6) is 0 Å². The lowest BCUT2D eigenvalue weighted by molar-refractivity contribution is 0.520. The van der Waals surface area contributed by atoms with Gasteiger partial charge in [0.25, 0.3) is 0 Å². The van der Waals surface area contributed by atoms with Crippen molar-refractivity contribution in [3.8, 4) is 0 Å². The van der Waals surface area contributed by atoms with E-state index in [1.54, 1.807) is 12.4 Å². The Kier molecular flexibility index (Phi) is 5.53. The summed E-state index contributed by atoms with van der Waals surface area (Å²) in [5.41, 5.74) is 0. The van der Waals surface area contributed by atoms with E-state index in [1.807, 2.05) is 0 Å². The van der Waals surface area contributed by atoms with Gasteiger partial charge < -0.3 is 5.32 Å². The number of nitrogens with one attached hydrogen (secondary N) is 1. The van der Waals surface area contributed by atoms with Crippen molar-refractivity contribution >= 4 is 17.4 Å². The fraction of sp³-hybridized carbons (Fsp3) is 0.667. The van der Waals surface area contributed by atoms with Crippen LogP contribution in [0.4, 0.5) is 5.82 Å². The fourth-order valence-corrected chi connectivity index (χ4v) is 1.72. The van der Waals surface area contributed by atoms with Crippen LogP contribution in [0.25, 0.3) is 0 Å². The lowest BCUT2D eigenvalue weighted by Gasteiger charge is -2.15. The summed E-state index contributed by atoms with van der Waals surface area (Å²) in [7, 11) is 0. The van der Waals surface area contributed by atoms with Gasteiger partial charge in [0.05, 0.1) is 0 Å². The molecule has 4 heteroatoms. The van der Waals surface area contributed by atoms with Gasteiger partial charge in [-0.15, -0.1) is 0 Å². The Labute approximate surface area is 103 Å². The molecule has 1 heterocycles. The van der Waals surface area contributed by atoms with Gasteiger partial charge in [-0.3, -0.25) is 0 Å². The Morgan fingerprint density at radius 1 is 1.19 bits per heavy atom. The molecule has 0 fully saturated rings. The molecule has 0 saturated heterocycles. The molecule has 3 nitrogen and oxygen atoms in total. The maximum atomic E-state index is 5.92. The van der Waals surface area contributed by atoms with E-state index < -0.39 is 0 Å². The number of hydrogen-bond acceptors (Lipinski definition) is 3. The third-order valence-corrected chi connectivity index (χ3v) is 2.73. The highest BCUT2D eigenvalue weighted by atomic mass is 35.5. The first kappa shape index (κ1) is 13.2. The third kappa shape index (κ3) is 4.79. The van der Waals surface area contributed by atoms with E-state index in [2.05, 4.69) is 36.1 Å². The molecule has 1 N–H and O–H groups in total. The molecule has 1 unspecified atom stereocenters. The molecule has 1 atom stereocenters. The molecule has 0 aromatic carbocycles. The van der Waals surface area contributed by atoms with Gasteiger partial charge in [0.15, 0.2) is 11.0 Å². The standard InChI is InChI=1S/C12H20ClN3/c1-9(2)5-4-6-10(3)16-12-11(13)14-7-8-15-12/h7-10H,4-6H2,1-3H3,(H,15,16). The van der Waals surface area contributed by atoms with Crippen LogP contribution in [0.15, 0.2) is 12.4 Å². The molecule has 0 amide bonds. The van der Waals surface area contributed by atoms with E-state index in [-0.39, 0.29) is 0 Å². The lowest BCUT2D eigenvalue weighted by Crippen LogP contribution is -2.16. The molecular formula is C12H20ClN3. The summed E-state index contributed by atoms with van der Waals surface area (Å²) in [6.45, 7) is 6.64. The molecule has 0 aliphatic rings. The average Bonchev–Trinajstić information content (AvgIpc) is 2.21. The largest absolute Gasteiger partial charge is 0.365 e. The predicted octanol–water partition coefficient (Wildman–Crippen LogP) is 3.76. The first-order chi connectivity index (χ1) is 7.59. The van der Waals surface area contributed by atoms with Gasteiger partial charge in [0.2, 0.25) is 0 Å². The molecule has 0 aliphatic carbocycles. The Morgan fingerprint density at radius 3 is 2.50 bits per heavy atom. The van der Waals surface area contributed by atoms with Crippen LogP contribution in [-0.4, -0.2) is 16.0 Å². The first-order valence-corrected chi connectivity index (χ1v) is 6.20. The molecule has 90 valence electrons. The Bertz CT molecular complexity index is 315. The van der Waals surface area contributed by atoms with Crippen molar-refractivity contribution in [1.29, 1.82) is 0 Å². The monoisotopic (exact) mass is 241 g/mol. The summed E-state index contributed by atoms with van der Waals surface area (Å²) in [5, 5.41) is 3.72. The molecule has 0 radical (unpaired) electrons. The van der Waals surface area contributed by atoms with Crippen LogP contribution in [0.2, 0.25) is 5.15 Å². The fourth-order valence-electron chi connectivity index (χ4n) is 1.56. The van der Waals surface area contributed by atoms with Crippen molar-refractivity contribution in [2.75, 3.05) is 5.32 Å². The van der Waals surface area contributed by atoms with Crippen molar-refractivity contribution in [2.45, 2.75) is 46.1 Å². The third-order valence-electron chi connectivity index (χ3n) is 2.46. The molecule has 16 heavy (non-hydrogen) atoms. The Hall–Kier alpha value is -0.830. The molecule has 1 aromatic heterocycles. The Balaban J connectivity index is 2.34. The summed E-state index contributed by atoms with van der Waals surface area (Å²) < 4.78 is 0. The minimum Gasteiger partial charge on any atom is -0.365 e. The van der Waals surface area contributed by atoms with E-state index in [0.717, 1.165) is 12.3 Å². The second-order valence-corrected chi connectivity index (χ2v) is 4.92. The second-order valence-electron chi connectivity index (χ2n) is 4.57. The molecular weight excluding hydrogens is 222 g/mol. The highest BCUT2D eigenvalue weighted by Gasteiger charge is 2.07. The van der Waals surface area contributed by atoms with E-state index in [1.165, 1.54) is 12.8 Å². The van der Waals surface area contributed by atoms with Gasteiger partial charge in [0.1, 0.15) is 0 Å². The highest BCUT2D eigenvalue weighted by molar-refractivity contribution is 6.31. The zero-order valence-corrected chi connectivity index (χ0v) is 11.0. The number of halogens is 1. The summed E-state index contributed by atoms with van der Waals surface area (Å²) in [5.74, 6) is 1.45. The molecule has 0 spiro atoms. The van der Waals surface area contributed by atoms with Crippen molar-refractivity contribution in [1.82, 2.24) is 9.97 Å². The van der Waals surface area contributed by atoms with Crippen LogP contribution < -0.4 is 5.32 Å². The van der Waals surface area contributed by atoms with Crippen LogP contribution in [0.3, 0.4) is 0 Å². The maximum absolute atomic E-state index is 5.92. The topological polar surface area (TPSA) is 37.8 Å². The normalized spacial score (nSPS) is 12.8. The van der Waals surface area contributed by atoms with Crippen molar-refractivity contribution < 1.29 is 0 Å². The second kappa shape index (κ2) is 6.69. The van der Waals surface area contributed by atoms with E-state index in [4.69, 9.17) is 11.6 Å². The molecule has 1 rings (SSSR count). The molecule has 0 bridgehead atoms. The quantitative estimate of drug-likeness (QED) is 0.824. The Morgan fingerprint density at radius 2 is 1.88 bits per heavy atom. The smallest absolute Gasteiger partial charge is 0.171 e. The van der Waals surface area contributed by atoms with Crippen molar-refractivity contribution in [3.63, 3.8) is 0 Å². The van der Waals surface area contributed by atoms with Gasteiger partial charge in [-0.05, 0) is 19.3 Å². The minimum absolute atomic E-state index is 0.382. The summed E-state index contributed by atoms with van der Waals surface area (Å²) in [6, 6.07) is 0.382. The van der Waals surface area contributed by atoms with Crippen LogP contribution in [-0.2, 0) is 0 Å². The lowest BCUT2D eigenvalue weighted by atomic mass is 10.0. The van der Waals surface area contributed by atoms with Crippen molar-refractivity contribution in [2.24, 2.45) is 5.92 Å². The predicted molar refractivity (Wildman–Crippen MR) is 68.8 cm³/mol. The first-order valence-electron chi connectivity index (χ1n) is 5.82. The average molecular weight is 242 g/mol. The summed E-state index contributed by atoms with van der Waals surface area (Å²) in [6.07, 6.45) is 6.86. The van der Waals surface area contributed by atoms with Gasteiger partial charge in [-0.2, -0.15) is 0 Å². The summed E-state index contributed by atoms with van der Waals surface area (Å²) >= 11 is 5.92. The molecule has 0 aliphatic heterocycles. The van der Waals surface area contributed by atoms with Gasteiger partial charge in [-0.25, -0.2) is 9.97 Å². The van der Waals surface area contributed by atoms with Crippen LogP contribution in [0, 0.1) is 5.92 Å².